The summed E-state index contributed by atoms with van der Waals surface area (Å²) in [6, 6.07) is 7.38. The highest BCUT2D eigenvalue weighted by atomic mass is 35.5. The van der Waals surface area contributed by atoms with Crippen LogP contribution >= 0.6 is 23.2 Å². The van der Waals surface area contributed by atoms with E-state index in [1.165, 1.54) is 0 Å². The van der Waals surface area contributed by atoms with Gasteiger partial charge in [-0.1, -0.05) is 29.3 Å². The minimum atomic E-state index is 0.0128. The van der Waals surface area contributed by atoms with Crippen LogP contribution in [0.5, 0.6) is 0 Å². The van der Waals surface area contributed by atoms with E-state index in [-0.39, 0.29) is 6.04 Å². The van der Waals surface area contributed by atoms with Crippen LogP contribution in [-0.2, 0) is 0 Å². The molecule has 0 aliphatic heterocycles. The van der Waals surface area contributed by atoms with E-state index in [0.29, 0.717) is 16.0 Å². The monoisotopic (exact) mass is 310 g/mol. The van der Waals surface area contributed by atoms with Crippen LogP contribution in [-0.4, -0.2) is 17.0 Å². The number of halogens is 2. The number of aromatic nitrogens is 2. The van der Waals surface area contributed by atoms with Gasteiger partial charge >= 0.3 is 0 Å². The zero-order valence-electron chi connectivity index (χ0n) is 11.5. The standard InChI is InChI=1S/C14H16Cl2N4/c1-8-6-13(20-14(17-3)18-8)19-9(2)11-5-4-10(15)7-12(11)16/h4-7,9H,1-3H3,(H2,17,18,19,20). The Hall–Kier alpha value is -1.52. The molecule has 1 aromatic carbocycles. The van der Waals surface area contributed by atoms with E-state index < -0.39 is 0 Å². The number of rotatable bonds is 4. The van der Waals surface area contributed by atoms with Gasteiger partial charge in [0.15, 0.2) is 0 Å². The van der Waals surface area contributed by atoms with E-state index in [1.807, 2.05) is 32.0 Å². The quantitative estimate of drug-likeness (QED) is 0.883. The molecule has 1 heterocycles. The normalized spacial score (nSPS) is 12.1. The highest BCUT2D eigenvalue weighted by Gasteiger charge is 2.11. The van der Waals surface area contributed by atoms with Gasteiger partial charge in [-0.25, -0.2) is 4.98 Å². The van der Waals surface area contributed by atoms with Gasteiger partial charge in [0.25, 0.3) is 0 Å². The second-order valence-corrected chi connectivity index (χ2v) is 5.34. The Balaban J connectivity index is 2.22. The van der Waals surface area contributed by atoms with Crippen molar-refractivity contribution >= 4 is 35.0 Å². The number of hydrogen-bond donors (Lipinski definition) is 2. The van der Waals surface area contributed by atoms with Crippen molar-refractivity contribution < 1.29 is 0 Å². The van der Waals surface area contributed by atoms with Crippen molar-refractivity contribution in [3.8, 4) is 0 Å². The number of nitrogens with one attached hydrogen (secondary N) is 2. The lowest BCUT2D eigenvalue weighted by atomic mass is 10.1. The van der Waals surface area contributed by atoms with E-state index in [0.717, 1.165) is 17.1 Å². The predicted molar refractivity (Wildman–Crippen MR) is 84.8 cm³/mol. The van der Waals surface area contributed by atoms with Gasteiger partial charge in [0.1, 0.15) is 5.82 Å². The molecule has 0 amide bonds. The molecular weight excluding hydrogens is 295 g/mol. The number of nitrogens with zero attached hydrogens (tertiary/aromatic N) is 2. The van der Waals surface area contributed by atoms with Gasteiger partial charge in [-0.3, -0.25) is 0 Å². The van der Waals surface area contributed by atoms with Crippen LogP contribution in [0, 0.1) is 6.92 Å². The summed E-state index contributed by atoms with van der Waals surface area (Å²) >= 11 is 12.1. The first-order valence-electron chi connectivity index (χ1n) is 6.24. The third-order valence-corrected chi connectivity index (χ3v) is 3.43. The summed E-state index contributed by atoms with van der Waals surface area (Å²) in [5, 5.41) is 7.51. The molecule has 1 unspecified atom stereocenters. The van der Waals surface area contributed by atoms with Crippen LogP contribution < -0.4 is 10.6 Å². The molecule has 20 heavy (non-hydrogen) atoms. The van der Waals surface area contributed by atoms with Crippen molar-refractivity contribution in [1.29, 1.82) is 0 Å². The topological polar surface area (TPSA) is 49.8 Å². The summed E-state index contributed by atoms with van der Waals surface area (Å²) in [6.45, 7) is 3.94. The molecule has 106 valence electrons. The van der Waals surface area contributed by atoms with Gasteiger partial charge in [-0.15, -0.1) is 0 Å². The van der Waals surface area contributed by atoms with Crippen LogP contribution in [0.3, 0.4) is 0 Å². The molecule has 2 N–H and O–H groups in total. The van der Waals surface area contributed by atoms with Gasteiger partial charge in [0.2, 0.25) is 5.95 Å². The SMILES string of the molecule is CNc1nc(C)cc(NC(C)c2ccc(Cl)cc2Cl)n1. The highest BCUT2D eigenvalue weighted by Crippen LogP contribution is 2.28. The average molecular weight is 311 g/mol. The maximum absolute atomic E-state index is 6.21. The third kappa shape index (κ3) is 3.52. The smallest absolute Gasteiger partial charge is 0.224 e. The summed E-state index contributed by atoms with van der Waals surface area (Å²) in [6.07, 6.45) is 0. The van der Waals surface area contributed by atoms with Crippen LogP contribution in [0.15, 0.2) is 24.3 Å². The molecule has 0 radical (unpaired) electrons. The van der Waals surface area contributed by atoms with Crippen LogP contribution in [0.4, 0.5) is 11.8 Å². The van der Waals surface area contributed by atoms with Crippen molar-refractivity contribution in [3.63, 3.8) is 0 Å². The Labute approximate surface area is 128 Å². The van der Waals surface area contributed by atoms with Crippen molar-refractivity contribution in [1.82, 2.24) is 9.97 Å². The van der Waals surface area contributed by atoms with E-state index in [9.17, 15) is 0 Å². The molecule has 1 aromatic heterocycles. The van der Waals surface area contributed by atoms with E-state index >= 15 is 0 Å². The summed E-state index contributed by atoms with van der Waals surface area (Å²) < 4.78 is 0. The molecule has 0 spiro atoms. The number of anilines is 2. The largest absolute Gasteiger partial charge is 0.363 e. The fourth-order valence-corrected chi connectivity index (χ4v) is 2.48. The fraction of sp³-hybridized carbons (Fsp3) is 0.286. The van der Waals surface area contributed by atoms with E-state index in [1.54, 1.807) is 13.1 Å². The van der Waals surface area contributed by atoms with Gasteiger partial charge in [-0.2, -0.15) is 4.98 Å². The van der Waals surface area contributed by atoms with Crippen LogP contribution in [0.2, 0.25) is 10.0 Å². The zero-order chi connectivity index (χ0) is 14.7. The first-order chi connectivity index (χ1) is 9.49. The first kappa shape index (κ1) is 14.9. The molecule has 1 atom stereocenters. The number of benzene rings is 1. The molecule has 0 fully saturated rings. The van der Waals surface area contributed by atoms with Gasteiger partial charge in [0, 0.05) is 28.9 Å². The van der Waals surface area contributed by atoms with Crippen molar-refractivity contribution in [3.05, 3.63) is 45.6 Å². The lowest BCUT2D eigenvalue weighted by Gasteiger charge is -2.17. The molecule has 0 saturated carbocycles. The Morgan fingerprint density at radius 2 is 1.90 bits per heavy atom. The second kappa shape index (κ2) is 6.29. The third-order valence-electron chi connectivity index (χ3n) is 2.87. The van der Waals surface area contributed by atoms with Crippen molar-refractivity contribution in [2.24, 2.45) is 0 Å². The molecular formula is C14H16Cl2N4. The molecule has 0 aliphatic carbocycles. The maximum Gasteiger partial charge on any atom is 0.224 e. The van der Waals surface area contributed by atoms with Crippen LogP contribution in [0.1, 0.15) is 24.2 Å². The van der Waals surface area contributed by atoms with E-state index in [2.05, 4.69) is 20.6 Å². The molecule has 2 rings (SSSR count). The summed E-state index contributed by atoms with van der Waals surface area (Å²) in [7, 11) is 1.79. The Kier molecular flexibility index (Phi) is 4.68. The van der Waals surface area contributed by atoms with Crippen molar-refractivity contribution in [2.45, 2.75) is 19.9 Å². The highest BCUT2D eigenvalue weighted by molar-refractivity contribution is 6.35. The van der Waals surface area contributed by atoms with Crippen molar-refractivity contribution in [2.75, 3.05) is 17.7 Å². The van der Waals surface area contributed by atoms with E-state index in [4.69, 9.17) is 23.2 Å². The molecule has 0 saturated heterocycles. The summed E-state index contributed by atoms with van der Waals surface area (Å²) in [5.74, 6) is 1.34. The maximum atomic E-state index is 6.21. The zero-order valence-corrected chi connectivity index (χ0v) is 13.0. The van der Waals surface area contributed by atoms with Crippen LogP contribution in [0.25, 0.3) is 0 Å². The second-order valence-electron chi connectivity index (χ2n) is 4.50. The summed E-state index contributed by atoms with van der Waals surface area (Å²) in [4.78, 5) is 8.62. The van der Waals surface area contributed by atoms with Gasteiger partial charge in [-0.05, 0) is 31.5 Å². The molecule has 2 aromatic rings. The lowest BCUT2D eigenvalue weighted by molar-refractivity contribution is 0.871. The Bertz CT molecular complexity index is 616. The molecule has 0 aliphatic rings. The molecule has 6 heteroatoms. The fourth-order valence-electron chi connectivity index (χ4n) is 1.91. The summed E-state index contributed by atoms with van der Waals surface area (Å²) in [5.41, 5.74) is 1.86. The Morgan fingerprint density at radius 3 is 2.55 bits per heavy atom. The number of hydrogen-bond acceptors (Lipinski definition) is 4. The Morgan fingerprint density at radius 1 is 1.15 bits per heavy atom. The van der Waals surface area contributed by atoms with Gasteiger partial charge in [0.05, 0.1) is 6.04 Å². The minimum absolute atomic E-state index is 0.0128. The number of aryl methyl sites for hydroxylation is 1. The average Bonchev–Trinajstić information content (AvgIpc) is 2.37. The first-order valence-corrected chi connectivity index (χ1v) is 7.00. The predicted octanol–water partition coefficient (Wildman–Crippen LogP) is 4.31. The molecule has 0 bridgehead atoms. The lowest BCUT2D eigenvalue weighted by Crippen LogP contribution is -2.10. The molecule has 4 nitrogen and oxygen atoms in total. The minimum Gasteiger partial charge on any atom is -0.363 e. The van der Waals surface area contributed by atoms with Gasteiger partial charge < -0.3 is 10.6 Å².